The molecule has 0 unspecified atom stereocenters. The van der Waals surface area contributed by atoms with E-state index in [9.17, 15) is 10.2 Å². The first-order valence-corrected chi connectivity index (χ1v) is 20.1. The van der Waals surface area contributed by atoms with Gasteiger partial charge in [-0.25, -0.2) is 0 Å². The Morgan fingerprint density at radius 3 is 1.57 bits per heavy atom. The van der Waals surface area contributed by atoms with E-state index in [4.69, 9.17) is 42.1 Å². The van der Waals surface area contributed by atoms with Gasteiger partial charge in [-0.1, -0.05) is 71.7 Å². The molecule has 3 N–H and O–H groups in total. The molecule has 0 bridgehead atoms. The summed E-state index contributed by atoms with van der Waals surface area (Å²) in [4.78, 5) is 8.39. The van der Waals surface area contributed by atoms with Crippen LogP contribution < -0.4 is 24.3 Å². The summed E-state index contributed by atoms with van der Waals surface area (Å²) in [6.07, 6.45) is 9.24. The highest BCUT2D eigenvalue weighted by Gasteiger charge is 2.17. The van der Waals surface area contributed by atoms with Crippen molar-refractivity contribution in [3.8, 4) is 34.1 Å². The van der Waals surface area contributed by atoms with Gasteiger partial charge in [-0.2, -0.15) is 0 Å². The Balaban J connectivity index is 1.17. The molecule has 58 heavy (non-hydrogen) atoms. The van der Waals surface area contributed by atoms with Crippen LogP contribution in [0, 0.1) is 13.8 Å². The molecule has 0 fully saturated rings. The van der Waals surface area contributed by atoms with Gasteiger partial charge in [-0.3, -0.25) is 9.97 Å². The highest BCUT2D eigenvalue weighted by Crippen LogP contribution is 2.37. The number of hydrogen-bond donors (Lipinski definition) is 3. The predicted octanol–water partition coefficient (Wildman–Crippen LogP) is 9.78. The third-order valence-corrected chi connectivity index (χ3v) is 10.5. The number of unbranched alkanes of at least 4 members (excludes halogenated alkanes) is 1. The quantitative estimate of drug-likeness (QED) is 0.0611. The maximum absolute atomic E-state index is 9.34. The summed E-state index contributed by atoms with van der Waals surface area (Å²) in [5.41, 5.74) is 10.1. The highest BCUT2D eigenvalue weighted by molar-refractivity contribution is 6.32. The Labute approximate surface area is 350 Å². The first-order chi connectivity index (χ1) is 28.3. The van der Waals surface area contributed by atoms with Crippen molar-refractivity contribution in [3.63, 3.8) is 0 Å². The number of benzene rings is 4. The largest absolute Gasteiger partial charge is 0.488 e. The number of nitrogens with zero attached hydrogens (tertiary/aromatic N) is 2. The van der Waals surface area contributed by atoms with Crippen LogP contribution in [0.4, 0.5) is 0 Å². The second kappa shape index (κ2) is 21.6. The van der Waals surface area contributed by atoms with Crippen LogP contribution in [-0.4, -0.2) is 39.9 Å². The Bertz CT molecular complexity index is 2080. The van der Waals surface area contributed by atoms with Gasteiger partial charge in [0.15, 0.2) is 0 Å². The molecule has 2 aromatic heterocycles. The van der Waals surface area contributed by atoms with Crippen molar-refractivity contribution in [3.05, 3.63) is 164 Å². The molecule has 0 atom stereocenters. The summed E-state index contributed by atoms with van der Waals surface area (Å²) >= 11 is 13.6. The zero-order chi connectivity index (χ0) is 40.7. The number of hydrogen-bond acceptors (Lipinski definition) is 9. The topological polar surface area (TPSA) is 115 Å². The van der Waals surface area contributed by atoms with E-state index in [1.807, 2.05) is 60.7 Å². The number of aromatic nitrogens is 2. The Kier molecular flexibility index (Phi) is 15.8. The summed E-state index contributed by atoms with van der Waals surface area (Å²) in [6.45, 7) is 6.59. The molecule has 0 radical (unpaired) electrons. The Hall–Kier alpha value is -5.16. The monoisotopic (exact) mass is 821 g/mol. The average Bonchev–Trinajstić information content (AvgIpc) is 3.24. The van der Waals surface area contributed by atoms with Crippen LogP contribution >= 0.6 is 23.2 Å². The molecule has 0 saturated heterocycles. The first kappa shape index (κ1) is 42.4. The first-order valence-electron chi connectivity index (χ1n) is 19.4. The number of rotatable bonds is 21. The van der Waals surface area contributed by atoms with Gasteiger partial charge in [0.25, 0.3) is 0 Å². The smallest absolute Gasteiger partial charge is 0.142 e. The molecule has 302 valence electrons. The number of pyridine rings is 2. The standard InChI is InChI=1S/C47H49Cl2N3O6/c1-32-37(30-57-46-23-44(55-28-34-9-7-16-50-25-34)36(21-42(46)48)11-3-4-19-53)12-5-14-40(32)41-15-6-13-38(33(41)2)31-58-47-24-45(56-29-35-10-8-17-51-26-35)39(22-43(47)49)27-52-18-20-54/h5-10,12-17,21-26,52-54H,3-4,11,18-20,27-31H2,1-2H3. The Morgan fingerprint density at radius 1 is 0.552 bits per heavy atom. The van der Waals surface area contributed by atoms with Gasteiger partial charge in [-0.05, 0) is 96.3 Å². The molecular weight excluding hydrogens is 773 g/mol. The fourth-order valence-electron chi connectivity index (χ4n) is 6.57. The Morgan fingerprint density at radius 2 is 1.07 bits per heavy atom. The molecule has 0 spiro atoms. The van der Waals surface area contributed by atoms with Gasteiger partial charge < -0.3 is 34.5 Å². The highest BCUT2D eigenvalue weighted by atomic mass is 35.5. The summed E-state index contributed by atoms with van der Waals surface area (Å²) in [6, 6.07) is 27.6. The molecule has 0 amide bonds. The van der Waals surface area contributed by atoms with Crippen LogP contribution in [0.5, 0.6) is 23.0 Å². The zero-order valence-electron chi connectivity index (χ0n) is 32.8. The third kappa shape index (κ3) is 11.5. The van der Waals surface area contributed by atoms with Crippen molar-refractivity contribution in [2.75, 3.05) is 19.8 Å². The van der Waals surface area contributed by atoms with Crippen LogP contribution in [0.15, 0.2) is 110 Å². The lowest BCUT2D eigenvalue weighted by atomic mass is 9.92. The molecule has 0 saturated carbocycles. The average molecular weight is 823 g/mol. The van der Waals surface area contributed by atoms with Crippen LogP contribution in [0.25, 0.3) is 11.1 Å². The van der Waals surface area contributed by atoms with Crippen LogP contribution in [0.2, 0.25) is 10.0 Å². The molecule has 2 heterocycles. The molecule has 6 aromatic rings. The van der Waals surface area contributed by atoms with E-state index in [-0.39, 0.29) is 13.2 Å². The van der Waals surface area contributed by atoms with Crippen molar-refractivity contribution in [2.24, 2.45) is 0 Å². The number of aryl methyl sites for hydroxylation is 1. The number of aliphatic hydroxyl groups is 2. The maximum atomic E-state index is 9.34. The number of aliphatic hydroxyl groups excluding tert-OH is 2. The van der Waals surface area contributed by atoms with E-state index in [0.717, 1.165) is 68.5 Å². The minimum Gasteiger partial charge on any atom is -0.488 e. The van der Waals surface area contributed by atoms with Crippen molar-refractivity contribution in [1.82, 2.24) is 15.3 Å². The van der Waals surface area contributed by atoms with Crippen molar-refractivity contribution in [1.29, 1.82) is 0 Å². The zero-order valence-corrected chi connectivity index (χ0v) is 34.4. The van der Waals surface area contributed by atoms with E-state index in [1.54, 1.807) is 24.8 Å². The molecule has 9 nitrogen and oxygen atoms in total. The maximum Gasteiger partial charge on any atom is 0.142 e. The molecule has 6 rings (SSSR count). The number of ether oxygens (including phenoxy) is 4. The van der Waals surface area contributed by atoms with Gasteiger partial charge in [0.2, 0.25) is 0 Å². The second-order valence-electron chi connectivity index (χ2n) is 13.9. The van der Waals surface area contributed by atoms with Crippen molar-refractivity contribution in [2.45, 2.75) is 66.1 Å². The predicted molar refractivity (Wildman–Crippen MR) is 229 cm³/mol. The van der Waals surface area contributed by atoms with Crippen molar-refractivity contribution >= 4 is 23.2 Å². The van der Waals surface area contributed by atoms with Gasteiger partial charge in [0.05, 0.1) is 16.7 Å². The van der Waals surface area contributed by atoms with Crippen LogP contribution in [0.1, 0.15) is 57.3 Å². The third-order valence-electron chi connectivity index (χ3n) is 9.87. The summed E-state index contributed by atoms with van der Waals surface area (Å²) in [5, 5.41) is 22.8. The molecule has 0 aliphatic carbocycles. The SMILES string of the molecule is Cc1c(COc2cc(OCc3cccnc3)c(CCCCO)cc2Cl)cccc1-c1cccc(COc2cc(OCc3cccnc3)c(CNCCO)cc2Cl)c1C. The molecule has 0 aliphatic heterocycles. The van der Waals surface area contributed by atoms with E-state index in [2.05, 4.69) is 53.4 Å². The van der Waals surface area contributed by atoms with Gasteiger partial charge in [-0.15, -0.1) is 0 Å². The van der Waals surface area contributed by atoms with E-state index < -0.39 is 0 Å². The van der Waals surface area contributed by atoms with Gasteiger partial charge >= 0.3 is 0 Å². The molecule has 4 aromatic carbocycles. The second-order valence-corrected chi connectivity index (χ2v) is 14.7. The minimum atomic E-state index is 0.0266. The van der Waals surface area contributed by atoms with E-state index in [0.29, 0.717) is 79.0 Å². The van der Waals surface area contributed by atoms with E-state index >= 15 is 0 Å². The van der Waals surface area contributed by atoms with Crippen LogP contribution in [0.3, 0.4) is 0 Å². The fraction of sp³-hybridized carbons (Fsp3) is 0.277. The lowest BCUT2D eigenvalue weighted by Gasteiger charge is -2.19. The van der Waals surface area contributed by atoms with E-state index in [1.165, 1.54) is 0 Å². The molecule has 0 aliphatic rings. The fourth-order valence-corrected chi connectivity index (χ4v) is 7.05. The normalized spacial score (nSPS) is 11.1. The molecule has 11 heteroatoms. The lowest BCUT2D eigenvalue weighted by Crippen LogP contribution is -2.18. The van der Waals surface area contributed by atoms with Gasteiger partial charge in [0, 0.05) is 73.3 Å². The number of nitrogens with one attached hydrogen (secondary N) is 1. The lowest BCUT2D eigenvalue weighted by molar-refractivity contribution is 0.280. The van der Waals surface area contributed by atoms with Gasteiger partial charge in [0.1, 0.15) is 49.4 Å². The summed E-state index contributed by atoms with van der Waals surface area (Å²) in [5.74, 6) is 2.38. The number of halogens is 2. The van der Waals surface area contributed by atoms with Crippen molar-refractivity contribution < 1.29 is 29.2 Å². The minimum absolute atomic E-state index is 0.0266. The summed E-state index contributed by atoms with van der Waals surface area (Å²) < 4.78 is 25.2. The summed E-state index contributed by atoms with van der Waals surface area (Å²) in [7, 11) is 0. The van der Waals surface area contributed by atoms with Crippen LogP contribution in [-0.2, 0) is 39.4 Å². The molecular formula is C47H49Cl2N3O6.